The average Bonchev–Trinajstić information content (AvgIpc) is 2.72. The highest BCUT2D eigenvalue weighted by atomic mass is 16.7. The second kappa shape index (κ2) is 6.93. The minimum atomic E-state index is -0.675. The van der Waals surface area contributed by atoms with E-state index in [1.165, 1.54) is 7.11 Å². The SMILES string of the molecule is COC(=O)OCC[C@H](B1OC(C)(C)C(C)(C)O1)c1ccccc1. The second-order valence-electron chi connectivity index (χ2n) is 6.73. The maximum Gasteiger partial charge on any atom is 0.507 e. The van der Waals surface area contributed by atoms with Crippen molar-refractivity contribution in [1.82, 2.24) is 0 Å². The van der Waals surface area contributed by atoms with E-state index in [-0.39, 0.29) is 19.5 Å². The van der Waals surface area contributed by atoms with Gasteiger partial charge in [-0.25, -0.2) is 4.79 Å². The first-order valence-electron chi connectivity index (χ1n) is 7.88. The lowest BCUT2D eigenvalue weighted by molar-refractivity contribution is 0.00578. The van der Waals surface area contributed by atoms with Gasteiger partial charge in [0.2, 0.25) is 0 Å². The Labute approximate surface area is 138 Å². The molecule has 1 aliphatic rings. The number of hydrogen-bond acceptors (Lipinski definition) is 5. The van der Waals surface area contributed by atoms with Gasteiger partial charge < -0.3 is 18.8 Å². The van der Waals surface area contributed by atoms with Crippen molar-refractivity contribution in [3.8, 4) is 0 Å². The fraction of sp³-hybridized carbons (Fsp3) is 0.588. The highest BCUT2D eigenvalue weighted by Gasteiger charge is 2.53. The van der Waals surface area contributed by atoms with Crippen LogP contribution < -0.4 is 0 Å². The third kappa shape index (κ3) is 4.06. The maximum absolute atomic E-state index is 11.2. The topological polar surface area (TPSA) is 54.0 Å². The van der Waals surface area contributed by atoms with E-state index < -0.39 is 17.4 Å². The lowest BCUT2D eigenvalue weighted by Gasteiger charge is -2.32. The summed E-state index contributed by atoms with van der Waals surface area (Å²) in [4.78, 5) is 11.2. The van der Waals surface area contributed by atoms with Crippen LogP contribution in [0.4, 0.5) is 4.79 Å². The molecule has 1 atom stereocenters. The molecule has 1 saturated heterocycles. The van der Waals surface area contributed by atoms with Gasteiger partial charge >= 0.3 is 13.3 Å². The van der Waals surface area contributed by atoms with E-state index in [1.807, 2.05) is 58.0 Å². The van der Waals surface area contributed by atoms with Crippen molar-refractivity contribution in [2.24, 2.45) is 0 Å². The summed E-state index contributed by atoms with van der Waals surface area (Å²) in [6, 6.07) is 10.0. The van der Waals surface area contributed by atoms with Gasteiger partial charge in [-0.2, -0.15) is 0 Å². The van der Waals surface area contributed by atoms with Crippen LogP contribution in [-0.2, 0) is 18.8 Å². The van der Waals surface area contributed by atoms with Crippen molar-refractivity contribution in [2.45, 2.75) is 51.1 Å². The van der Waals surface area contributed by atoms with Gasteiger partial charge in [-0.3, -0.25) is 0 Å². The third-order valence-corrected chi connectivity index (χ3v) is 4.64. The van der Waals surface area contributed by atoms with E-state index >= 15 is 0 Å². The molecule has 1 aliphatic heterocycles. The first kappa shape index (κ1) is 17.8. The molecule has 0 aliphatic carbocycles. The number of ether oxygens (including phenoxy) is 2. The molecule has 1 fully saturated rings. The van der Waals surface area contributed by atoms with Crippen LogP contribution in [0.3, 0.4) is 0 Å². The van der Waals surface area contributed by atoms with Crippen molar-refractivity contribution >= 4 is 13.3 Å². The lowest BCUT2D eigenvalue weighted by Crippen LogP contribution is -2.41. The zero-order valence-corrected chi connectivity index (χ0v) is 14.5. The van der Waals surface area contributed by atoms with Gasteiger partial charge in [-0.15, -0.1) is 0 Å². The van der Waals surface area contributed by atoms with Gasteiger partial charge in [0, 0.05) is 5.82 Å². The summed E-state index contributed by atoms with van der Waals surface area (Å²) >= 11 is 0. The summed E-state index contributed by atoms with van der Waals surface area (Å²) < 4.78 is 21.9. The number of carbonyl (C=O) groups is 1. The number of benzene rings is 1. The first-order valence-corrected chi connectivity index (χ1v) is 7.88. The van der Waals surface area contributed by atoms with Crippen LogP contribution in [0.2, 0.25) is 0 Å². The molecule has 0 amide bonds. The minimum absolute atomic E-state index is 0.0260. The fourth-order valence-electron chi connectivity index (χ4n) is 2.54. The van der Waals surface area contributed by atoms with Crippen LogP contribution in [0.15, 0.2) is 30.3 Å². The summed E-state index contributed by atoms with van der Waals surface area (Å²) in [5, 5.41) is 0. The van der Waals surface area contributed by atoms with Crippen LogP contribution in [0, 0.1) is 0 Å². The van der Waals surface area contributed by atoms with Crippen LogP contribution >= 0.6 is 0 Å². The Bertz CT molecular complexity index is 513. The van der Waals surface area contributed by atoms with E-state index in [1.54, 1.807) is 0 Å². The zero-order valence-electron chi connectivity index (χ0n) is 14.5. The highest BCUT2D eigenvalue weighted by Crippen LogP contribution is 2.41. The van der Waals surface area contributed by atoms with Gasteiger partial charge in [0.1, 0.15) is 0 Å². The van der Waals surface area contributed by atoms with Crippen molar-refractivity contribution in [1.29, 1.82) is 0 Å². The van der Waals surface area contributed by atoms with Crippen LogP contribution in [0.5, 0.6) is 0 Å². The monoisotopic (exact) mass is 320 g/mol. The fourth-order valence-corrected chi connectivity index (χ4v) is 2.54. The molecule has 23 heavy (non-hydrogen) atoms. The molecule has 0 aromatic heterocycles. The minimum Gasteiger partial charge on any atom is -0.438 e. The third-order valence-electron chi connectivity index (χ3n) is 4.64. The molecule has 0 saturated carbocycles. The van der Waals surface area contributed by atoms with Crippen LogP contribution in [-0.4, -0.2) is 38.2 Å². The van der Waals surface area contributed by atoms with Crippen LogP contribution in [0.1, 0.15) is 45.5 Å². The Balaban J connectivity index is 2.13. The Morgan fingerprint density at radius 3 is 2.22 bits per heavy atom. The summed E-state index contributed by atoms with van der Waals surface area (Å²) in [6.07, 6.45) is -0.0821. The summed E-state index contributed by atoms with van der Waals surface area (Å²) in [5.74, 6) is -0.0260. The Kier molecular flexibility index (Phi) is 5.37. The molecule has 0 radical (unpaired) electrons. The predicted molar refractivity (Wildman–Crippen MR) is 88.2 cm³/mol. The normalized spacial score (nSPS) is 20.1. The van der Waals surface area contributed by atoms with Gasteiger partial charge in [-0.05, 0) is 39.7 Å². The van der Waals surface area contributed by atoms with Crippen molar-refractivity contribution in [2.75, 3.05) is 13.7 Å². The number of methoxy groups -OCH3 is 1. The largest absolute Gasteiger partial charge is 0.507 e. The molecule has 0 unspecified atom stereocenters. The standard InChI is InChI=1S/C17H25BO5/c1-16(2)17(3,4)23-18(22-16)14(11-12-21-15(19)20-5)13-9-7-6-8-10-13/h6-10,14H,11-12H2,1-5H3/t14-/m0/s1. The van der Waals surface area contributed by atoms with Crippen molar-refractivity contribution in [3.63, 3.8) is 0 Å². The molecule has 1 heterocycles. The first-order chi connectivity index (χ1) is 10.8. The molecular weight excluding hydrogens is 295 g/mol. The highest BCUT2D eigenvalue weighted by molar-refractivity contribution is 6.47. The maximum atomic E-state index is 11.2. The molecule has 1 aromatic carbocycles. The smallest absolute Gasteiger partial charge is 0.438 e. The summed E-state index contributed by atoms with van der Waals surface area (Å²) in [6.45, 7) is 8.36. The molecule has 126 valence electrons. The summed E-state index contributed by atoms with van der Waals surface area (Å²) in [5.41, 5.74) is 0.307. The van der Waals surface area contributed by atoms with E-state index in [9.17, 15) is 4.79 Å². The molecule has 0 N–H and O–H groups in total. The van der Waals surface area contributed by atoms with Crippen molar-refractivity contribution < 1.29 is 23.6 Å². The molecule has 0 bridgehead atoms. The molecular formula is C17H25BO5. The molecule has 5 nitrogen and oxygen atoms in total. The van der Waals surface area contributed by atoms with Gasteiger partial charge in [-0.1, -0.05) is 30.3 Å². The quantitative estimate of drug-likeness (QED) is 0.613. The van der Waals surface area contributed by atoms with Crippen LogP contribution in [0.25, 0.3) is 0 Å². The molecule has 6 heteroatoms. The van der Waals surface area contributed by atoms with Crippen molar-refractivity contribution in [3.05, 3.63) is 35.9 Å². The molecule has 2 rings (SSSR count). The zero-order chi connectivity index (χ0) is 17.1. The number of carbonyl (C=O) groups excluding carboxylic acids is 1. The Hall–Kier alpha value is -1.53. The van der Waals surface area contributed by atoms with Gasteiger partial charge in [0.25, 0.3) is 0 Å². The second-order valence-corrected chi connectivity index (χ2v) is 6.73. The average molecular weight is 320 g/mol. The van der Waals surface area contributed by atoms with E-state index in [4.69, 9.17) is 14.0 Å². The number of hydrogen-bond donors (Lipinski definition) is 0. The van der Waals surface area contributed by atoms with Gasteiger partial charge in [0.15, 0.2) is 0 Å². The predicted octanol–water partition coefficient (Wildman–Crippen LogP) is 3.57. The Morgan fingerprint density at radius 2 is 1.70 bits per heavy atom. The molecule has 0 spiro atoms. The lowest BCUT2D eigenvalue weighted by atomic mass is 9.66. The van der Waals surface area contributed by atoms with E-state index in [2.05, 4.69) is 4.74 Å². The van der Waals surface area contributed by atoms with Gasteiger partial charge in [0.05, 0.1) is 24.9 Å². The molecule has 1 aromatic rings. The van der Waals surface area contributed by atoms with E-state index in [0.29, 0.717) is 6.42 Å². The van der Waals surface area contributed by atoms with E-state index in [0.717, 1.165) is 5.56 Å². The Morgan fingerprint density at radius 1 is 1.13 bits per heavy atom. The summed E-state index contributed by atoms with van der Waals surface area (Å²) in [7, 11) is 0.911. The number of rotatable bonds is 5.